The average Bonchev–Trinajstić information content (AvgIpc) is 3.02. The van der Waals surface area contributed by atoms with Crippen LogP contribution in [-0.2, 0) is 18.3 Å². The van der Waals surface area contributed by atoms with Crippen molar-refractivity contribution >= 4 is 11.6 Å². The maximum Gasteiger partial charge on any atom is 0.259 e. The molecule has 150 valence electrons. The molecule has 2 atom stereocenters. The number of hydrogen-bond acceptors (Lipinski definition) is 5. The van der Waals surface area contributed by atoms with Crippen LogP contribution in [0.15, 0.2) is 41.7 Å². The first-order valence-corrected chi connectivity index (χ1v) is 9.46. The fraction of sp³-hybridized carbons (Fsp3) is 0.350. The van der Waals surface area contributed by atoms with Gasteiger partial charge in [0.1, 0.15) is 18.2 Å². The largest absolute Gasteiger partial charge is 0.321 e. The van der Waals surface area contributed by atoms with Gasteiger partial charge in [-0.2, -0.15) is 5.10 Å². The van der Waals surface area contributed by atoms with Crippen LogP contribution < -0.4 is 10.9 Å². The summed E-state index contributed by atoms with van der Waals surface area (Å²) >= 11 is 0. The lowest BCUT2D eigenvalue weighted by Crippen LogP contribution is -2.29. The lowest BCUT2D eigenvalue weighted by atomic mass is 9.98. The monoisotopic (exact) mass is 396 g/mol. The minimum atomic E-state index is -1.28. The van der Waals surface area contributed by atoms with Crippen molar-refractivity contribution in [3.63, 3.8) is 0 Å². The van der Waals surface area contributed by atoms with Crippen LogP contribution in [0.4, 0.5) is 10.1 Å². The number of amides is 1. The van der Waals surface area contributed by atoms with Gasteiger partial charge < -0.3 is 5.32 Å². The Morgan fingerprint density at radius 1 is 1.24 bits per heavy atom. The Morgan fingerprint density at radius 3 is 2.86 bits per heavy atom. The fourth-order valence-corrected chi connectivity index (χ4v) is 3.52. The van der Waals surface area contributed by atoms with Crippen LogP contribution in [-0.4, -0.2) is 36.4 Å². The lowest BCUT2D eigenvalue weighted by Gasteiger charge is -2.18. The van der Waals surface area contributed by atoms with Crippen LogP contribution in [0.25, 0.3) is 17.1 Å². The number of anilines is 1. The second kappa shape index (κ2) is 7.57. The van der Waals surface area contributed by atoms with Crippen LogP contribution in [0, 0.1) is 5.92 Å². The van der Waals surface area contributed by atoms with E-state index in [1.807, 2.05) is 12.1 Å². The summed E-state index contributed by atoms with van der Waals surface area (Å²) in [6.45, 7) is 1.56. The molecule has 4 rings (SSSR count). The predicted molar refractivity (Wildman–Crippen MR) is 105 cm³/mol. The van der Waals surface area contributed by atoms with Gasteiger partial charge in [0.15, 0.2) is 5.82 Å². The van der Waals surface area contributed by atoms with Crippen LogP contribution in [0.5, 0.6) is 0 Å². The first-order valence-electron chi connectivity index (χ1n) is 9.46. The highest BCUT2D eigenvalue weighted by Crippen LogP contribution is 2.34. The molecule has 0 spiro atoms. The molecule has 4 heterocycles. The van der Waals surface area contributed by atoms with Gasteiger partial charge in [0, 0.05) is 36.8 Å². The van der Waals surface area contributed by atoms with Gasteiger partial charge >= 0.3 is 0 Å². The van der Waals surface area contributed by atoms with Crippen molar-refractivity contribution in [2.45, 2.75) is 32.4 Å². The van der Waals surface area contributed by atoms with Gasteiger partial charge in [-0.05, 0) is 31.4 Å². The first kappa shape index (κ1) is 19.0. The van der Waals surface area contributed by atoms with E-state index >= 15 is 0 Å². The molecule has 0 aromatic carbocycles. The molecule has 1 aliphatic heterocycles. The molecule has 0 radical (unpaired) electrons. The van der Waals surface area contributed by atoms with Crippen molar-refractivity contribution in [2.24, 2.45) is 13.0 Å². The Labute approximate surface area is 166 Å². The number of aromatic nitrogens is 5. The van der Waals surface area contributed by atoms with Gasteiger partial charge in [0.25, 0.3) is 5.56 Å². The molecule has 29 heavy (non-hydrogen) atoms. The van der Waals surface area contributed by atoms with E-state index in [1.54, 1.807) is 24.9 Å². The maximum atomic E-state index is 14.6. The summed E-state index contributed by atoms with van der Waals surface area (Å²) in [5.74, 6) is -1.07. The van der Waals surface area contributed by atoms with Gasteiger partial charge in [0.2, 0.25) is 5.91 Å². The molecule has 1 amide bonds. The van der Waals surface area contributed by atoms with E-state index in [2.05, 4.69) is 20.4 Å². The van der Waals surface area contributed by atoms with Crippen molar-refractivity contribution in [3.8, 4) is 17.1 Å². The summed E-state index contributed by atoms with van der Waals surface area (Å²) in [6, 6.07) is 5.03. The molecular formula is C20H21FN6O2. The summed E-state index contributed by atoms with van der Waals surface area (Å²) < 4.78 is 17.4. The normalized spacial score (nSPS) is 19.6. The third kappa shape index (κ3) is 3.55. The molecule has 0 saturated heterocycles. The molecule has 0 aliphatic carbocycles. The Hall–Kier alpha value is -3.36. The van der Waals surface area contributed by atoms with E-state index in [-0.39, 0.29) is 17.8 Å². The van der Waals surface area contributed by atoms with Crippen molar-refractivity contribution in [1.82, 2.24) is 24.3 Å². The van der Waals surface area contributed by atoms with Gasteiger partial charge in [-0.25, -0.2) is 13.9 Å². The van der Waals surface area contributed by atoms with E-state index in [4.69, 9.17) is 0 Å². The van der Waals surface area contributed by atoms with Gasteiger partial charge in [0.05, 0.1) is 11.6 Å². The molecule has 1 N–H and O–H groups in total. The highest BCUT2D eigenvalue weighted by Gasteiger charge is 2.28. The van der Waals surface area contributed by atoms with E-state index in [9.17, 15) is 14.0 Å². The van der Waals surface area contributed by atoms with Gasteiger partial charge in [-0.15, -0.1) is 0 Å². The number of pyridine rings is 1. The topological polar surface area (TPSA) is 94.7 Å². The number of aryl methyl sites for hydroxylation is 2. The molecule has 3 aromatic rings. The zero-order valence-electron chi connectivity index (χ0n) is 16.2. The predicted octanol–water partition coefficient (Wildman–Crippen LogP) is 2.28. The standard InChI is InChI=1S/C20H21FN6O2/c1-12-15(21)5-3-4-14-10-13(6-9-23-14)18-17(24-20(12)29)19(25-26(18)2)27-11-22-8-7-16(27)28/h6-12,15H,3-5H2,1-2H3,(H,24,29). The summed E-state index contributed by atoms with van der Waals surface area (Å²) in [6.07, 6.45) is 4.62. The number of alkyl halides is 1. The van der Waals surface area contributed by atoms with Gasteiger partial charge in [-0.1, -0.05) is 6.92 Å². The number of hydrogen-bond donors (Lipinski definition) is 1. The molecule has 9 heteroatoms. The summed E-state index contributed by atoms with van der Waals surface area (Å²) in [5.41, 5.74) is 2.24. The number of halogens is 1. The van der Waals surface area contributed by atoms with Crippen molar-refractivity contribution in [2.75, 3.05) is 5.32 Å². The fourth-order valence-electron chi connectivity index (χ4n) is 3.52. The molecule has 2 bridgehead atoms. The molecule has 2 unspecified atom stereocenters. The highest BCUT2D eigenvalue weighted by molar-refractivity contribution is 5.98. The second-order valence-electron chi connectivity index (χ2n) is 7.18. The van der Waals surface area contributed by atoms with Crippen LogP contribution >= 0.6 is 0 Å². The SMILES string of the molecule is CC1C(=O)Nc2c(-n3cnccc3=O)nn(C)c2-c2ccnc(c2)CCCC1F. The molecule has 0 saturated carbocycles. The highest BCUT2D eigenvalue weighted by atomic mass is 19.1. The minimum absolute atomic E-state index is 0.229. The Morgan fingerprint density at radius 2 is 2.07 bits per heavy atom. The molecular weight excluding hydrogens is 375 g/mol. The van der Waals surface area contributed by atoms with E-state index in [0.717, 1.165) is 11.3 Å². The maximum absolute atomic E-state index is 14.6. The Kier molecular flexibility index (Phi) is 4.96. The van der Waals surface area contributed by atoms with Crippen molar-refractivity contribution < 1.29 is 9.18 Å². The average molecular weight is 396 g/mol. The minimum Gasteiger partial charge on any atom is -0.321 e. The summed E-state index contributed by atoms with van der Waals surface area (Å²) in [5, 5.41) is 7.27. The van der Waals surface area contributed by atoms with Crippen LogP contribution in [0.1, 0.15) is 25.5 Å². The zero-order valence-corrected chi connectivity index (χ0v) is 16.2. The number of carbonyl (C=O) groups excluding carboxylic acids is 1. The lowest BCUT2D eigenvalue weighted by molar-refractivity contribution is -0.121. The van der Waals surface area contributed by atoms with Gasteiger partial charge in [-0.3, -0.25) is 19.3 Å². The quantitative estimate of drug-likeness (QED) is 0.681. The molecule has 3 aromatic heterocycles. The van der Waals surface area contributed by atoms with E-state index in [0.29, 0.717) is 24.2 Å². The molecule has 1 aliphatic rings. The van der Waals surface area contributed by atoms with E-state index in [1.165, 1.54) is 23.2 Å². The molecule has 8 nitrogen and oxygen atoms in total. The smallest absolute Gasteiger partial charge is 0.259 e. The number of rotatable bonds is 1. The summed E-state index contributed by atoms with van der Waals surface area (Å²) in [4.78, 5) is 33.5. The third-order valence-corrected chi connectivity index (χ3v) is 5.19. The van der Waals surface area contributed by atoms with Crippen LogP contribution in [0.3, 0.4) is 0 Å². The number of nitrogens with one attached hydrogen (secondary N) is 1. The first-order chi connectivity index (χ1) is 14.0. The van der Waals surface area contributed by atoms with E-state index < -0.39 is 18.0 Å². The zero-order chi connectivity index (χ0) is 20.5. The van der Waals surface area contributed by atoms with Crippen LogP contribution in [0.2, 0.25) is 0 Å². The van der Waals surface area contributed by atoms with Crippen molar-refractivity contribution in [1.29, 1.82) is 0 Å². The molecule has 0 fully saturated rings. The second-order valence-corrected chi connectivity index (χ2v) is 7.18. The summed E-state index contributed by atoms with van der Waals surface area (Å²) in [7, 11) is 1.73. The Balaban J connectivity index is 1.95. The third-order valence-electron chi connectivity index (χ3n) is 5.19. The Bertz CT molecular complexity index is 1120. The number of fused-ring (bicyclic) bond motifs is 4. The number of nitrogens with zero attached hydrogens (tertiary/aromatic N) is 5. The number of carbonyl (C=O) groups is 1. The van der Waals surface area contributed by atoms with Crippen molar-refractivity contribution in [3.05, 3.63) is 53.0 Å².